The van der Waals surface area contributed by atoms with E-state index in [-0.39, 0.29) is 6.10 Å². The lowest BCUT2D eigenvalue weighted by molar-refractivity contribution is 0.168. The van der Waals surface area contributed by atoms with Crippen molar-refractivity contribution in [3.05, 3.63) is 35.9 Å². The molecule has 0 radical (unpaired) electrons. The zero-order chi connectivity index (χ0) is 8.81. The molecular formula is C10H15NO. The van der Waals surface area contributed by atoms with E-state index < -0.39 is 0 Å². The van der Waals surface area contributed by atoms with Crippen molar-refractivity contribution in [2.24, 2.45) is 0 Å². The van der Waals surface area contributed by atoms with Gasteiger partial charge in [-0.25, -0.2) is 0 Å². The summed E-state index contributed by atoms with van der Waals surface area (Å²) in [6.07, 6.45) is 0.430. The van der Waals surface area contributed by atoms with Crippen LogP contribution in [0.2, 0.25) is 0 Å². The van der Waals surface area contributed by atoms with Crippen LogP contribution in [-0.4, -0.2) is 18.7 Å². The minimum absolute atomic E-state index is 0.335. The van der Waals surface area contributed by atoms with Gasteiger partial charge in [0.15, 0.2) is 0 Å². The molecular weight excluding hydrogens is 150 g/mol. The van der Waals surface area contributed by atoms with Crippen molar-refractivity contribution in [3.63, 3.8) is 0 Å². The second-order valence-electron chi connectivity index (χ2n) is 2.82. The van der Waals surface area contributed by atoms with Crippen LogP contribution in [-0.2, 0) is 0 Å². The molecule has 1 atom stereocenters. The first kappa shape index (κ1) is 9.23. The molecule has 0 amide bonds. The van der Waals surface area contributed by atoms with Gasteiger partial charge in [-0.15, -0.1) is 0 Å². The van der Waals surface area contributed by atoms with Crippen molar-refractivity contribution in [1.82, 2.24) is 5.32 Å². The fourth-order valence-corrected chi connectivity index (χ4v) is 1.12. The molecule has 0 aliphatic carbocycles. The van der Waals surface area contributed by atoms with Gasteiger partial charge >= 0.3 is 0 Å². The lowest BCUT2D eigenvalue weighted by Crippen LogP contribution is -2.11. The quantitative estimate of drug-likeness (QED) is 0.705. The molecule has 1 aromatic carbocycles. The SMILES string of the molecule is CNCC[C@@H](O)c1ccccc1. The Morgan fingerprint density at radius 3 is 2.58 bits per heavy atom. The summed E-state index contributed by atoms with van der Waals surface area (Å²) < 4.78 is 0. The number of aliphatic hydroxyl groups excluding tert-OH is 1. The Labute approximate surface area is 73.2 Å². The number of nitrogens with one attached hydrogen (secondary N) is 1. The van der Waals surface area contributed by atoms with Crippen LogP contribution < -0.4 is 5.32 Å². The van der Waals surface area contributed by atoms with Crippen LogP contribution in [0, 0.1) is 0 Å². The van der Waals surface area contributed by atoms with E-state index in [1.54, 1.807) is 0 Å². The maximum Gasteiger partial charge on any atom is 0.0802 e. The van der Waals surface area contributed by atoms with Crippen LogP contribution >= 0.6 is 0 Å². The van der Waals surface area contributed by atoms with Gasteiger partial charge in [0.25, 0.3) is 0 Å². The van der Waals surface area contributed by atoms with Crippen LogP contribution in [0.3, 0.4) is 0 Å². The lowest BCUT2D eigenvalue weighted by Gasteiger charge is -2.09. The second kappa shape index (κ2) is 4.91. The molecule has 0 aliphatic heterocycles. The van der Waals surface area contributed by atoms with Gasteiger partial charge < -0.3 is 10.4 Å². The molecule has 0 aliphatic rings. The van der Waals surface area contributed by atoms with E-state index in [0.29, 0.717) is 0 Å². The van der Waals surface area contributed by atoms with E-state index in [9.17, 15) is 5.11 Å². The summed E-state index contributed by atoms with van der Waals surface area (Å²) in [6.45, 7) is 0.843. The molecule has 0 unspecified atom stereocenters. The van der Waals surface area contributed by atoms with Gasteiger partial charge in [0.1, 0.15) is 0 Å². The highest BCUT2D eigenvalue weighted by Gasteiger charge is 2.04. The van der Waals surface area contributed by atoms with Gasteiger partial charge in [-0.1, -0.05) is 30.3 Å². The summed E-state index contributed by atoms with van der Waals surface area (Å²) >= 11 is 0. The van der Waals surface area contributed by atoms with Crippen molar-refractivity contribution >= 4 is 0 Å². The van der Waals surface area contributed by atoms with Crippen LogP contribution in [0.4, 0.5) is 0 Å². The molecule has 0 saturated carbocycles. The number of rotatable bonds is 4. The third kappa shape index (κ3) is 2.64. The van der Waals surface area contributed by atoms with Gasteiger partial charge in [0.05, 0.1) is 6.10 Å². The van der Waals surface area contributed by atoms with Crippen LogP contribution in [0.5, 0.6) is 0 Å². The van der Waals surface area contributed by atoms with E-state index in [2.05, 4.69) is 5.32 Å². The molecule has 2 nitrogen and oxygen atoms in total. The van der Waals surface area contributed by atoms with E-state index in [1.165, 1.54) is 0 Å². The number of benzene rings is 1. The number of hydrogen-bond acceptors (Lipinski definition) is 2. The Morgan fingerprint density at radius 1 is 1.33 bits per heavy atom. The maximum absolute atomic E-state index is 9.61. The van der Waals surface area contributed by atoms with Gasteiger partial charge in [0.2, 0.25) is 0 Å². The average molecular weight is 165 g/mol. The monoisotopic (exact) mass is 165 g/mol. The summed E-state index contributed by atoms with van der Waals surface area (Å²) in [5.41, 5.74) is 0.993. The Balaban J connectivity index is 2.48. The molecule has 66 valence electrons. The van der Waals surface area contributed by atoms with Crippen molar-refractivity contribution in [1.29, 1.82) is 0 Å². The average Bonchev–Trinajstić information content (AvgIpc) is 2.15. The van der Waals surface area contributed by atoms with Gasteiger partial charge in [0, 0.05) is 0 Å². The molecule has 2 heteroatoms. The predicted octanol–water partition coefficient (Wildman–Crippen LogP) is 1.33. The zero-order valence-electron chi connectivity index (χ0n) is 7.33. The standard InChI is InChI=1S/C10H15NO/c1-11-8-7-10(12)9-5-3-2-4-6-9/h2-6,10-12H,7-8H2,1H3/t10-/m1/s1. The van der Waals surface area contributed by atoms with Crippen LogP contribution in [0.25, 0.3) is 0 Å². The second-order valence-corrected chi connectivity index (χ2v) is 2.82. The van der Waals surface area contributed by atoms with Gasteiger partial charge in [-0.05, 0) is 25.6 Å². The molecule has 12 heavy (non-hydrogen) atoms. The van der Waals surface area contributed by atoms with Crippen LogP contribution in [0.15, 0.2) is 30.3 Å². The molecule has 0 fully saturated rings. The summed E-state index contributed by atoms with van der Waals surface area (Å²) in [5.74, 6) is 0. The summed E-state index contributed by atoms with van der Waals surface area (Å²) in [4.78, 5) is 0. The summed E-state index contributed by atoms with van der Waals surface area (Å²) in [5, 5.41) is 12.6. The van der Waals surface area contributed by atoms with Crippen molar-refractivity contribution < 1.29 is 5.11 Å². The minimum atomic E-state index is -0.335. The molecule has 0 saturated heterocycles. The molecule has 0 bridgehead atoms. The third-order valence-electron chi connectivity index (χ3n) is 1.85. The number of hydrogen-bond donors (Lipinski definition) is 2. The summed E-state index contributed by atoms with van der Waals surface area (Å²) in [6, 6.07) is 9.73. The van der Waals surface area contributed by atoms with E-state index >= 15 is 0 Å². The first-order valence-corrected chi connectivity index (χ1v) is 4.22. The fourth-order valence-electron chi connectivity index (χ4n) is 1.12. The molecule has 1 rings (SSSR count). The molecule has 0 spiro atoms. The van der Waals surface area contributed by atoms with Crippen molar-refractivity contribution in [2.45, 2.75) is 12.5 Å². The topological polar surface area (TPSA) is 32.3 Å². The maximum atomic E-state index is 9.61. The Kier molecular flexibility index (Phi) is 3.77. The first-order chi connectivity index (χ1) is 5.84. The highest BCUT2D eigenvalue weighted by molar-refractivity contribution is 5.17. The number of aliphatic hydroxyl groups is 1. The Hall–Kier alpha value is -0.860. The van der Waals surface area contributed by atoms with E-state index in [0.717, 1.165) is 18.5 Å². The molecule has 0 aromatic heterocycles. The highest BCUT2D eigenvalue weighted by Crippen LogP contribution is 2.14. The Morgan fingerprint density at radius 2 is 2.00 bits per heavy atom. The molecule has 2 N–H and O–H groups in total. The lowest BCUT2D eigenvalue weighted by atomic mass is 10.1. The molecule has 0 heterocycles. The molecule has 1 aromatic rings. The van der Waals surface area contributed by atoms with Crippen molar-refractivity contribution in [2.75, 3.05) is 13.6 Å². The van der Waals surface area contributed by atoms with Gasteiger partial charge in [-0.2, -0.15) is 0 Å². The van der Waals surface area contributed by atoms with Crippen LogP contribution in [0.1, 0.15) is 18.1 Å². The highest BCUT2D eigenvalue weighted by atomic mass is 16.3. The first-order valence-electron chi connectivity index (χ1n) is 4.22. The summed E-state index contributed by atoms with van der Waals surface area (Å²) in [7, 11) is 1.89. The predicted molar refractivity (Wildman–Crippen MR) is 49.9 cm³/mol. The Bertz CT molecular complexity index is 210. The zero-order valence-corrected chi connectivity index (χ0v) is 7.33. The minimum Gasteiger partial charge on any atom is -0.388 e. The van der Waals surface area contributed by atoms with Crippen molar-refractivity contribution in [3.8, 4) is 0 Å². The van der Waals surface area contributed by atoms with E-state index in [1.807, 2.05) is 37.4 Å². The smallest absolute Gasteiger partial charge is 0.0802 e. The van der Waals surface area contributed by atoms with Gasteiger partial charge in [-0.3, -0.25) is 0 Å². The van der Waals surface area contributed by atoms with E-state index in [4.69, 9.17) is 0 Å². The third-order valence-corrected chi connectivity index (χ3v) is 1.85. The fraction of sp³-hybridized carbons (Fsp3) is 0.400. The normalized spacial score (nSPS) is 12.8. The largest absolute Gasteiger partial charge is 0.388 e.